The molecule has 1 fully saturated rings. The van der Waals surface area contributed by atoms with E-state index in [1.807, 2.05) is 0 Å². The molecular weight excluding hydrogens is 208 g/mol. The molecule has 0 aliphatic carbocycles. The van der Waals surface area contributed by atoms with E-state index in [1.54, 1.807) is 0 Å². The first-order valence-corrected chi connectivity index (χ1v) is 6.64. The zero-order valence-corrected chi connectivity index (χ0v) is 11.2. The molecule has 1 aromatic carbocycles. The summed E-state index contributed by atoms with van der Waals surface area (Å²) in [6.07, 6.45) is 2.29. The zero-order valence-electron chi connectivity index (χ0n) is 11.2. The van der Waals surface area contributed by atoms with Crippen LogP contribution in [-0.2, 0) is 6.42 Å². The van der Waals surface area contributed by atoms with E-state index in [9.17, 15) is 0 Å². The number of hydrogen-bond acceptors (Lipinski definition) is 2. The summed E-state index contributed by atoms with van der Waals surface area (Å²) in [6.45, 7) is 8.78. The number of benzene rings is 1. The van der Waals surface area contributed by atoms with Crippen molar-refractivity contribution in [3.8, 4) is 0 Å². The maximum atomic E-state index is 5.84. The number of hydrogen-bond donors (Lipinski definition) is 1. The van der Waals surface area contributed by atoms with Crippen LogP contribution in [0, 0.1) is 5.92 Å². The molecule has 1 aliphatic heterocycles. The second-order valence-corrected chi connectivity index (χ2v) is 5.71. The second kappa shape index (κ2) is 4.69. The number of nitrogens with two attached hydrogens (primary N) is 1. The fourth-order valence-corrected chi connectivity index (χ4v) is 3.04. The Labute approximate surface area is 105 Å². The molecule has 0 amide bonds. The largest absolute Gasteiger partial charge is 0.366 e. The Hall–Kier alpha value is -1.02. The quantitative estimate of drug-likeness (QED) is 0.868. The van der Waals surface area contributed by atoms with Crippen LogP contribution in [0.2, 0.25) is 0 Å². The average Bonchev–Trinajstić information content (AvgIpc) is 2.64. The molecule has 0 radical (unpaired) electrons. The van der Waals surface area contributed by atoms with Gasteiger partial charge in [-0.25, -0.2) is 0 Å². The fourth-order valence-electron chi connectivity index (χ4n) is 3.04. The standard InChI is InChI=1S/C15H24N2/c1-4-13-7-5-6-8-14(13)17-11-12(10-16)9-15(17,2)3/h5-8,12H,4,9-11,16H2,1-3H3. The van der Waals surface area contributed by atoms with Gasteiger partial charge in [0.05, 0.1) is 0 Å². The van der Waals surface area contributed by atoms with Gasteiger partial charge in [-0.1, -0.05) is 25.1 Å². The molecule has 1 heterocycles. The van der Waals surface area contributed by atoms with Gasteiger partial charge in [-0.05, 0) is 50.8 Å². The van der Waals surface area contributed by atoms with Crippen molar-refractivity contribution < 1.29 is 0 Å². The molecule has 94 valence electrons. The minimum atomic E-state index is 0.231. The highest BCUT2D eigenvalue weighted by Crippen LogP contribution is 2.37. The van der Waals surface area contributed by atoms with Gasteiger partial charge in [-0.2, -0.15) is 0 Å². The van der Waals surface area contributed by atoms with Crippen molar-refractivity contribution in [2.24, 2.45) is 11.7 Å². The van der Waals surface area contributed by atoms with Crippen LogP contribution in [0.4, 0.5) is 5.69 Å². The maximum Gasteiger partial charge on any atom is 0.0403 e. The number of rotatable bonds is 3. The lowest BCUT2D eigenvalue weighted by molar-refractivity contribution is 0.476. The van der Waals surface area contributed by atoms with E-state index in [-0.39, 0.29) is 5.54 Å². The van der Waals surface area contributed by atoms with Gasteiger partial charge < -0.3 is 10.6 Å². The minimum Gasteiger partial charge on any atom is -0.366 e. The summed E-state index contributed by atoms with van der Waals surface area (Å²) < 4.78 is 0. The Bertz CT molecular complexity index is 384. The van der Waals surface area contributed by atoms with E-state index in [0.29, 0.717) is 5.92 Å². The number of aryl methyl sites for hydroxylation is 1. The lowest BCUT2D eigenvalue weighted by Gasteiger charge is -2.35. The van der Waals surface area contributed by atoms with E-state index in [0.717, 1.165) is 19.5 Å². The topological polar surface area (TPSA) is 29.3 Å². The molecular formula is C15H24N2. The highest BCUT2D eigenvalue weighted by molar-refractivity contribution is 5.56. The van der Waals surface area contributed by atoms with Crippen molar-refractivity contribution in [1.82, 2.24) is 0 Å². The summed E-state index contributed by atoms with van der Waals surface area (Å²) in [5.74, 6) is 0.634. The molecule has 0 aromatic heterocycles. The molecule has 2 heteroatoms. The smallest absolute Gasteiger partial charge is 0.0403 e. The van der Waals surface area contributed by atoms with Gasteiger partial charge in [-0.3, -0.25) is 0 Å². The van der Waals surface area contributed by atoms with Crippen LogP contribution in [0.3, 0.4) is 0 Å². The van der Waals surface area contributed by atoms with Crippen molar-refractivity contribution in [1.29, 1.82) is 0 Å². The molecule has 2 nitrogen and oxygen atoms in total. The molecule has 17 heavy (non-hydrogen) atoms. The van der Waals surface area contributed by atoms with E-state index in [4.69, 9.17) is 5.73 Å². The molecule has 0 bridgehead atoms. The van der Waals surface area contributed by atoms with Crippen molar-refractivity contribution in [3.63, 3.8) is 0 Å². The van der Waals surface area contributed by atoms with E-state index in [1.165, 1.54) is 17.7 Å². The third-order valence-corrected chi connectivity index (χ3v) is 3.96. The van der Waals surface area contributed by atoms with Gasteiger partial charge in [0.2, 0.25) is 0 Å². The van der Waals surface area contributed by atoms with Crippen LogP contribution in [-0.4, -0.2) is 18.6 Å². The Kier molecular flexibility index (Phi) is 3.43. The SMILES string of the molecule is CCc1ccccc1N1CC(CN)CC1(C)C. The molecule has 0 spiro atoms. The Morgan fingerprint density at radius 1 is 1.35 bits per heavy atom. The summed E-state index contributed by atoms with van der Waals surface area (Å²) >= 11 is 0. The van der Waals surface area contributed by atoms with Crippen molar-refractivity contribution in [3.05, 3.63) is 29.8 Å². The zero-order chi connectivity index (χ0) is 12.5. The molecule has 2 rings (SSSR count). The molecule has 1 atom stereocenters. The van der Waals surface area contributed by atoms with Crippen LogP contribution < -0.4 is 10.6 Å². The normalized spacial score (nSPS) is 23.1. The first-order chi connectivity index (χ1) is 8.08. The second-order valence-electron chi connectivity index (χ2n) is 5.71. The van der Waals surface area contributed by atoms with E-state index >= 15 is 0 Å². The average molecular weight is 232 g/mol. The molecule has 1 saturated heterocycles. The van der Waals surface area contributed by atoms with Crippen LogP contribution >= 0.6 is 0 Å². The molecule has 1 aliphatic rings. The Balaban J connectivity index is 2.33. The van der Waals surface area contributed by atoms with Gasteiger partial charge >= 0.3 is 0 Å². The summed E-state index contributed by atoms with van der Waals surface area (Å²) in [7, 11) is 0. The third kappa shape index (κ3) is 2.32. The highest BCUT2D eigenvalue weighted by atomic mass is 15.2. The predicted molar refractivity (Wildman–Crippen MR) is 74.4 cm³/mol. The van der Waals surface area contributed by atoms with Crippen LogP contribution in [0.15, 0.2) is 24.3 Å². The minimum absolute atomic E-state index is 0.231. The molecule has 1 unspecified atom stereocenters. The van der Waals surface area contributed by atoms with E-state index < -0.39 is 0 Å². The highest BCUT2D eigenvalue weighted by Gasteiger charge is 2.38. The monoisotopic (exact) mass is 232 g/mol. The van der Waals surface area contributed by atoms with Gasteiger partial charge in [0, 0.05) is 17.8 Å². The fraction of sp³-hybridized carbons (Fsp3) is 0.600. The third-order valence-electron chi connectivity index (χ3n) is 3.96. The Morgan fingerprint density at radius 3 is 2.65 bits per heavy atom. The predicted octanol–water partition coefficient (Wildman–Crippen LogP) is 2.81. The molecule has 1 aromatic rings. The van der Waals surface area contributed by atoms with Crippen LogP contribution in [0.25, 0.3) is 0 Å². The van der Waals surface area contributed by atoms with E-state index in [2.05, 4.69) is 49.9 Å². The first kappa shape index (κ1) is 12.4. The van der Waals surface area contributed by atoms with Crippen LogP contribution in [0.1, 0.15) is 32.8 Å². The van der Waals surface area contributed by atoms with Crippen molar-refractivity contribution in [2.45, 2.75) is 39.2 Å². The summed E-state index contributed by atoms with van der Waals surface area (Å²) in [4.78, 5) is 2.54. The maximum absolute atomic E-state index is 5.84. The summed E-state index contributed by atoms with van der Waals surface area (Å²) in [6, 6.07) is 8.76. The Morgan fingerprint density at radius 2 is 2.06 bits per heavy atom. The van der Waals surface area contributed by atoms with Crippen molar-refractivity contribution in [2.75, 3.05) is 18.0 Å². The summed E-state index contributed by atoms with van der Waals surface area (Å²) in [5.41, 5.74) is 8.91. The number of nitrogens with zero attached hydrogens (tertiary/aromatic N) is 1. The van der Waals surface area contributed by atoms with Crippen molar-refractivity contribution >= 4 is 5.69 Å². The first-order valence-electron chi connectivity index (χ1n) is 6.64. The van der Waals surface area contributed by atoms with Gasteiger partial charge in [-0.15, -0.1) is 0 Å². The van der Waals surface area contributed by atoms with Gasteiger partial charge in [0.1, 0.15) is 0 Å². The lowest BCUT2D eigenvalue weighted by Crippen LogP contribution is -2.38. The summed E-state index contributed by atoms with van der Waals surface area (Å²) in [5, 5.41) is 0. The number of anilines is 1. The lowest BCUT2D eigenvalue weighted by atomic mass is 9.96. The van der Waals surface area contributed by atoms with Crippen LogP contribution in [0.5, 0.6) is 0 Å². The number of para-hydroxylation sites is 1. The van der Waals surface area contributed by atoms with Gasteiger partial charge in [0.25, 0.3) is 0 Å². The molecule has 2 N–H and O–H groups in total. The molecule has 0 saturated carbocycles. The van der Waals surface area contributed by atoms with Gasteiger partial charge in [0.15, 0.2) is 0 Å².